The van der Waals surface area contributed by atoms with Gasteiger partial charge >= 0.3 is 0 Å². The van der Waals surface area contributed by atoms with Crippen molar-refractivity contribution >= 4 is 17.3 Å². The third-order valence-corrected chi connectivity index (χ3v) is 3.85. The van der Waals surface area contributed by atoms with Gasteiger partial charge < -0.3 is 25.1 Å². The zero-order chi connectivity index (χ0) is 18.5. The molecule has 0 aliphatic heterocycles. The zero-order valence-corrected chi connectivity index (χ0v) is 14.6. The number of imidazole rings is 1. The Balaban J connectivity index is 1.69. The number of carbonyl (C=O) groups excluding carboxylic acids is 1. The molecule has 0 radical (unpaired) electrons. The van der Waals surface area contributed by atoms with Crippen LogP contribution in [0.4, 0.5) is 11.4 Å². The second-order valence-electron chi connectivity index (χ2n) is 5.70. The molecule has 3 N–H and O–H groups in total. The molecule has 1 aromatic heterocycles. The van der Waals surface area contributed by atoms with Crippen LogP contribution in [-0.2, 0) is 6.54 Å². The summed E-state index contributed by atoms with van der Waals surface area (Å²) < 4.78 is 12.3. The zero-order valence-electron chi connectivity index (χ0n) is 14.6. The first-order valence-electron chi connectivity index (χ1n) is 7.98. The first-order valence-corrected chi connectivity index (χ1v) is 7.98. The lowest BCUT2D eigenvalue weighted by atomic mass is 10.2. The topological polar surface area (TPSA) is 91.4 Å². The first kappa shape index (κ1) is 17.3. The molecule has 3 rings (SSSR count). The van der Waals surface area contributed by atoms with Gasteiger partial charge in [-0.15, -0.1) is 0 Å². The van der Waals surface area contributed by atoms with Crippen molar-refractivity contribution in [1.29, 1.82) is 0 Å². The number of methoxy groups -OCH3 is 2. The average Bonchev–Trinajstić information content (AvgIpc) is 3.12. The van der Waals surface area contributed by atoms with Crippen molar-refractivity contribution in [2.45, 2.75) is 6.54 Å². The van der Waals surface area contributed by atoms with Gasteiger partial charge in [-0.25, -0.2) is 4.98 Å². The van der Waals surface area contributed by atoms with E-state index >= 15 is 0 Å². The molecule has 7 heteroatoms. The summed E-state index contributed by atoms with van der Waals surface area (Å²) in [4.78, 5) is 16.6. The van der Waals surface area contributed by atoms with Gasteiger partial charge in [0.05, 0.1) is 20.5 Å². The minimum Gasteiger partial charge on any atom is -0.493 e. The Bertz CT molecular complexity index is 903. The summed E-state index contributed by atoms with van der Waals surface area (Å²) in [5, 5.41) is 2.80. The van der Waals surface area contributed by atoms with Gasteiger partial charge in [-0.3, -0.25) is 4.79 Å². The molecule has 2 aromatic carbocycles. The van der Waals surface area contributed by atoms with Crippen LogP contribution in [-0.4, -0.2) is 29.7 Å². The van der Waals surface area contributed by atoms with E-state index in [0.717, 1.165) is 11.3 Å². The van der Waals surface area contributed by atoms with Crippen molar-refractivity contribution < 1.29 is 14.3 Å². The number of hydrogen-bond acceptors (Lipinski definition) is 5. The van der Waals surface area contributed by atoms with E-state index in [1.54, 1.807) is 44.9 Å². The largest absolute Gasteiger partial charge is 0.493 e. The normalized spacial score (nSPS) is 10.4. The fraction of sp³-hybridized carbons (Fsp3) is 0.158. The van der Waals surface area contributed by atoms with E-state index in [9.17, 15) is 4.79 Å². The van der Waals surface area contributed by atoms with Gasteiger partial charge in [-0.1, -0.05) is 12.1 Å². The second kappa shape index (κ2) is 7.60. The van der Waals surface area contributed by atoms with Crippen molar-refractivity contribution in [1.82, 2.24) is 9.55 Å². The summed E-state index contributed by atoms with van der Waals surface area (Å²) in [5.74, 6) is 0.839. The van der Waals surface area contributed by atoms with Crippen molar-refractivity contribution in [3.05, 3.63) is 66.2 Å². The molecule has 3 aromatic rings. The lowest BCUT2D eigenvalue weighted by Crippen LogP contribution is -2.12. The Labute approximate surface area is 151 Å². The fourth-order valence-corrected chi connectivity index (χ4v) is 2.51. The SMILES string of the molecule is COc1ccc(NC(=O)c2cn(Cc3ccc(N)cc3)cn2)cc1OC. The summed E-state index contributed by atoms with van der Waals surface area (Å²) in [7, 11) is 3.10. The number of anilines is 2. The molecule has 134 valence electrons. The molecule has 0 bridgehead atoms. The second-order valence-corrected chi connectivity index (χ2v) is 5.70. The number of aromatic nitrogens is 2. The number of carbonyl (C=O) groups is 1. The highest BCUT2D eigenvalue weighted by Gasteiger charge is 2.12. The van der Waals surface area contributed by atoms with Gasteiger partial charge in [0.15, 0.2) is 11.5 Å². The quantitative estimate of drug-likeness (QED) is 0.666. The highest BCUT2D eigenvalue weighted by molar-refractivity contribution is 6.02. The van der Waals surface area contributed by atoms with Gasteiger partial charge in [0.2, 0.25) is 0 Å². The van der Waals surface area contributed by atoms with Crippen molar-refractivity contribution in [2.24, 2.45) is 0 Å². The Morgan fingerprint density at radius 2 is 1.85 bits per heavy atom. The van der Waals surface area contributed by atoms with Gasteiger partial charge in [0.25, 0.3) is 5.91 Å². The molecule has 0 aliphatic carbocycles. The third-order valence-electron chi connectivity index (χ3n) is 3.85. The summed E-state index contributed by atoms with van der Waals surface area (Å²) in [5.41, 5.74) is 8.40. The van der Waals surface area contributed by atoms with Crippen LogP contribution in [0.15, 0.2) is 55.0 Å². The monoisotopic (exact) mass is 352 g/mol. The molecular weight excluding hydrogens is 332 g/mol. The highest BCUT2D eigenvalue weighted by atomic mass is 16.5. The van der Waals surface area contributed by atoms with Crippen LogP contribution in [0.5, 0.6) is 11.5 Å². The number of ether oxygens (including phenoxy) is 2. The van der Waals surface area contributed by atoms with E-state index in [0.29, 0.717) is 29.4 Å². The van der Waals surface area contributed by atoms with E-state index in [-0.39, 0.29) is 5.91 Å². The molecule has 7 nitrogen and oxygen atoms in total. The summed E-state index contributed by atoms with van der Waals surface area (Å²) >= 11 is 0. The number of nitrogen functional groups attached to an aromatic ring is 1. The molecule has 1 heterocycles. The summed E-state index contributed by atoms with van der Waals surface area (Å²) in [6.45, 7) is 0.608. The van der Waals surface area contributed by atoms with Crippen LogP contribution in [0.3, 0.4) is 0 Å². The Morgan fingerprint density at radius 1 is 1.12 bits per heavy atom. The maximum Gasteiger partial charge on any atom is 0.275 e. The van der Waals surface area contributed by atoms with E-state index < -0.39 is 0 Å². The third kappa shape index (κ3) is 3.94. The Kier molecular flexibility index (Phi) is 5.07. The van der Waals surface area contributed by atoms with Crippen LogP contribution in [0.1, 0.15) is 16.1 Å². The molecule has 1 amide bonds. The van der Waals surface area contributed by atoms with Gasteiger partial charge in [0.1, 0.15) is 5.69 Å². The predicted molar refractivity (Wildman–Crippen MR) is 99.7 cm³/mol. The number of nitrogens with two attached hydrogens (primary N) is 1. The van der Waals surface area contributed by atoms with Crippen molar-refractivity contribution in [3.63, 3.8) is 0 Å². The lowest BCUT2D eigenvalue weighted by molar-refractivity contribution is 0.102. The molecule has 0 saturated carbocycles. The van der Waals surface area contributed by atoms with Crippen LogP contribution in [0, 0.1) is 0 Å². The molecule has 0 spiro atoms. The maximum atomic E-state index is 12.4. The van der Waals surface area contributed by atoms with Crippen LogP contribution < -0.4 is 20.5 Å². The molecule has 0 atom stereocenters. The molecule has 0 saturated heterocycles. The number of rotatable bonds is 6. The van der Waals surface area contributed by atoms with E-state index in [4.69, 9.17) is 15.2 Å². The van der Waals surface area contributed by atoms with Crippen LogP contribution in [0.25, 0.3) is 0 Å². The molecule has 0 aliphatic rings. The van der Waals surface area contributed by atoms with Crippen LogP contribution >= 0.6 is 0 Å². The minimum atomic E-state index is -0.298. The van der Waals surface area contributed by atoms with E-state index in [1.807, 2.05) is 28.8 Å². The standard InChI is InChI=1S/C19H20N4O3/c1-25-17-8-7-15(9-18(17)26-2)22-19(24)16-11-23(12-21-16)10-13-3-5-14(20)6-4-13/h3-9,11-12H,10,20H2,1-2H3,(H,22,24). The summed E-state index contributed by atoms with van der Waals surface area (Å²) in [6, 6.07) is 12.7. The number of benzene rings is 2. The predicted octanol–water partition coefficient (Wildman–Crippen LogP) is 2.78. The smallest absolute Gasteiger partial charge is 0.275 e. The fourth-order valence-electron chi connectivity index (χ4n) is 2.51. The maximum absolute atomic E-state index is 12.4. The number of amides is 1. The Morgan fingerprint density at radius 3 is 2.54 bits per heavy atom. The van der Waals surface area contributed by atoms with Crippen LogP contribution in [0.2, 0.25) is 0 Å². The first-order chi connectivity index (χ1) is 12.6. The number of nitrogens with zero attached hydrogens (tertiary/aromatic N) is 2. The van der Waals surface area contributed by atoms with Gasteiger partial charge in [0, 0.05) is 30.2 Å². The van der Waals surface area contributed by atoms with E-state index in [1.165, 1.54) is 0 Å². The van der Waals surface area contributed by atoms with E-state index in [2.05, 4.69) is 10.3 Å². The molecule has 26 heavy (non-hydrogen) atoms. The lowest BCUT2D eigenvalue weighted by Gasteiger charge is -2.10. The molecule has 0 fully saturated rings. The van der Waals surface area contributed by atoms with Crippen molar-refractivity contribution in [2.75, 3.05) is 25.3 Å². The van der Waals surface area contributed by atoms with Gasteiger partial charge in [-0.2, -0.15) is 0 Å². The average molecular weight is 352 g/mol. The van der Waals surface area contributed by atoms with Gasteiger partial charge in [-0.05, 0) is 29.8 Å². The minimum absolute atomic E-state index is 0.298. The summed E-state index contributed by atoms with van der Waals surface area (Å²) in [6.07, 6.45) is 3.33. The number of nitrogens with one attached hydrogen (secondary N) is 1. The molecule has 0 unspecified atom stereocenters. The Hall–Kier alpha value is -3.48. The number of hydrogen-bond donors (Lipinski definition) is 2. The van der Waals surface area contributed by atoms with Crippen molar-refractivity contribution in [3.8, 4) is 11.5 Å². The molecular formula is C19H20N4O3. The highest BCUT2D eigenvalue weighted by Crippen LogP contribution is 2.29.